The van der Waals surface area contributed by atoms with Gasteiger partial charge in [0.25, 0.3) is 0 Å². The number of nitrogens with zero attached hydrogens (tertiary/aromatic N) is 3. The highest BCUT2D eigenvalue weighted by molar-refractivity contribution is 5.54. The van der Waals surface area contributed by atoms with Gasteiger partial charge in [0.15, 0.2) is 5.82 Å². The summed E-state index contributed by atoms with van der Waals surface area (Å²) in [5, 5.41) is 13.4. The zero-order chi connectivity index (χ0) is 18.4. The summed E-state index contributed by atoms with van der Waals surface area (Å²) in [6, 6.07) is 11.0. The van der Waals surface area contributed by atoms with Crippen molar-refractivity contribution in [2.24, 2.45) is 0 Å². The lowest BCUT2D eigenvalue weighted by Crippen LogP contribution is -2.09. The number of nitrogens with one attached hydrogen (secondary N) is 2. The molecule has 0 spiro atoms. The monoisotopic (exact) mass is 357 g/mol. The van der Waals surface area contributed by atoms with Crippen LogP contribution < -0.4 is 15.4 Å². The first-order valence-corrected chi connectivity index (χ1v) is 7.92. The fourth-order valence-electron chi connectivity index (χ4n) is 2.32. The Hall–Kier alpha value is -3.29. The molecular formula is C18H17F2N5O. The van der Waals surface area contributed by atoms with E-state index in [-0.39, 0.29) is 11.6 Å². The van der Waals surface area contributed by atoms with Gasteiger partial charge in [-0.05, 0) is 36.2 Å². The van der Waals surface area contributed by atoms with Crippen LogP contribution in [0.4, 0.5) is 26.2 Å². The summed E-state index contributed by atoms with van der Waals surface area (Å²) in [6.07, 6.45) is 2.23. The molecule has 0 amide bonds. The second-order valence-corrected chi connectivity index (χ2v) is 5.44. The largest absolute Gasteiger partial charge is 0.497 e. The van der Waals surface area contributed by atoms with Gasteiger partial charge in [-0.3, -0.25) is 0 Å². The number of aromatic nitrogens is 3. The quantitative estimate of drug-likeness (QED) is 0.674. The Balaban J connectivity index is 1.60. The molecule has 0 fully saturated rings. The molecule has 2 aromatic carbocycles. The van der Waals surface area contributed by atoms with Gasteiger partial charge in [-0.2, -0.15) is 10.1 Å². The van der Waals surface area contributed by atoms with Crippen molar-refractivity contribution in [2.45, 2.75) is 6.42 Å². The number of halogens is 2. The van der Waals surface area contributed by atoms with Gasteiger partial charge in [-0.15, -0.1) is 5.10 Å². The first-order valence-electron chi connectivity index (χ1n) is 7.92. The van der Waals surface area contributed by atoms with Crippen molar-refractivity contribution in [1.82, 2.24) is 15.2 Å². The van der Waals surface area contributed by atoms with Crippen LogP contribution in [0.15, 0.2) is 48.7 Å². The minimum Gasteiger partial charge on any atom is -0.497 e. The summed E-state index contributed by atoms with van der Waals surface area (Å²) in [4.78, 5) is 4.22. The lowest BCUT2D eigenvalue weighted by atomic mass is 10.1. The molecule has 134 valence electrons. The topological polar surface area (TPSA) is 72.0 Å². The van der Waals surface area contributed by atoms with Gasteiger partial charge in [0.2, 0.25) is 5.95 Å². The number of rotatable bonds is 7. The third-order valence-electron chi connectivity index (χ3n) is 3.59. The van der Waals surface area contributed by atoms with Crippen LogP contribution in [0, 0.1) is 11.6 Å². The molecule has 2 N–H and O–H groups in total. The van der Waals surface area contributed by atoms with E-state index in [1.165, 1.54) is 12.3 Å². The summed E-state index contributed by atoms with van der Waals surface area (Å²) < 4.78 is 31.8. The molecule has 1 heterocycles. The predicted molar refractivity (Wildman–Crippen MR) is 94.7 cm³/mol. The molecule has 0 aliphatic rings. The third kappa shape index (κ3) is 4.62. The Morgan fingerprint density at radius 3 is 2.81 bits per heavy atom. The maximum atomic E-state index is 13.7. The van der Waals surface area contributed by atoms with Crippen molar-refractivity contribution < 1.29 is 13.5 Å². The number of ether oxygens (including phenoxy) is 1. The molecule has 3 aromatic rings. The lowest BCUT2D eigenvalue weighted by Gasteiger charge is -2.09. The van der Waals surface area contributed by atoms with Gasteiger partial charge in [-0.25, -0.2) is 8.78 Å². The molecule has 0 saturated heterocycles. The van der Waals surface area contributed by atoms with Gasteiger partial charge >= 0.3 is 0 Å². The molecule has 0 aliphatic heterocycles. The average molecular weight is 357 g/mol. The zero-order valence-electron chi connectivity index (χ0n) is 14.0. The van der Waals surface area contributed by atoms with E-state index in [0.717, 1.165) is 29.9 Å². The van der Waals surface area contributed by atoms with E-state index in [1.54, 1.807) is 7.11 Å². The Morgan fingerprint density at radius 1 is 1.12 bits per heavy atom. The summed E-state index contributed by atoms with van der Waals surface area (Å²) in [7, 11) is 1.63. The smallest absolute Gasteiger partial charge is 0.249 e. The Kier molecular flexibility index (Phi) is 5.52. The number of anilines is 3. The van der Waals surface area contributed by atoms with Gasteiger partial charge in [-0.1, -0.05) is 12.1 Å². The van der Waals surface area contributed by atoms with E-state index in [4.69, 9.17) is 4.74 Å². The van der Waals surface area contributed by atoms with Crippen molar-refractivity contribution in [3.63, 3.8) is 0 Å². The summed E-state index contributed by atoms with van der Waals surface area (Å²) >= 11 is 0. The maximum Gasteiger partial charge on any atom is 0.249 e. The first kappa shape index (κ1) is 17.5. The molecule has 3 rings (SSSR count). The number of methoxy groups -OCH3 is 1. The van der Waals surface area contributed by atoms with Crippen LogP contribution in [0.25, 0.3) is 0 Å². The highest BCUT2D eigenvalue weighted by Crippen LogP contribution is 2.18. The highest BCUT2D eigenvalue weighted by atomic mass is 19.1. The molecular weight excluding hydrogens is 340 g/mol. The summed E-state index contributed by atoms with van der Waals surface area (Å²) in [6.45, 7) is 0.621. The van der Waals surface area contributed by atoms with Crippen LogP contribution in [0.5, 0.6) is 5.75 Å². The molecule has 6 nitrogen and oxygen atoms in total. The van der Waals surface area contributed by atoms with Crippen LogP contribution in [0.1, 0.15) is 5.56 Å². The van der Waals surface area contributed by atoms with Crippen LogP contribution in [0.2, 0.25) is 0 Å². The van der Waals surface area contributed by atoms with E-state index >= 15 is 0 Å². The van der Waals surface area contributed by atoms with Crippen molar-refractivity contribution in [3.05, 3.63) is 65.9 Å². The van der Waals surface area contributed by atoms with Crippen molar-refractivity contribution >= 4 is 17.5 Å². The Morgan fingerprint density at radius 2 is 2.00 bits per heavy atom. The van der Waals surface area contributed by atoms with E-state index in [9.17, 15) is 8.78 Å². The van der Waals surface area contributed by atoms with Crippen LogP contribution in [0.3, 0.4) is 0 Å². The molecule has 8 heteroatoms. The lowest BCUT2D eigenvalue weighted by molar-refractivity contribution is 0.414. The van der Waals surface area contributed by atoms with E-state index in [0.29, 0.717) is 12.4 Å². The van der Waals surface area contributed by atoms with Gasteiger partial charge in [0.05, 0.1) is 19.0 Å². The number of hydrogen-bond donors (Lipinski definition) is 2. The standard InChI is InChI=1S/C18H17F2N5O/c1-26-14-4-2-3-12(9-14)7-8-21-17-11-22-25-18(24-17)23-16-6-5-13(19)10-15(16)20/h2-6,9-11H,7-8H2,1H3,(H2,21,23,24,25). The average Bonchev–Trinajstić information content (AvgIpc) is 2.65. The maximum absolute atomic E-state index is 13.7. The van der Waals surface area contributed by atoms with Crippen LogP contribution in [-0.2, 0) is 6.42 Å². The third-order valence-corrected chi connectivity index (χ3v) is 3.59. The second kappa shape index (κ2) is 8.19. The Labute approximate surface area is 149 Å². The highest BCUT2D eigenvalue weighted by Gasteiger charge is 2.07. The molecule has 0 radical (unpaired) electrons. The SMILES string of the molecule is COc1cccc(CCNc2cnnc(Nc3ccc(F)cc3F)n2)c1. The molecule has 26 heavy (non-hydrogen) atoms. The fourth-order valence-corrected chi connectivity index (χ4v) is 2.32. The molecule has 1 aromatic heterocycles. The van der Waals surface area contributed by atoms with E-state index in [1.807, 2.05) is 24.3 Å². The summed E-state index contributed by atoms with van der Waals surface area (Å²) in [5.41, 5.74) is 1.19. The van der Waals surface area contributed by atoms with Crippen molar-refractivity contribution in [3.8, 4) is 5.75 Å². The van der Waals surface area contributed by atoms with Crippen LogP contribution in [-0.4, -0.2) is 28.8 Å². The predicted octanol–water partition coefficient (Wildman–Crippen LogP) is 3.56. The first-order chi connectivity index (χ1) is 12.6. The zero-order valence-corrected chi connectivity index (χ0v) is 14.0. The minimum atomic E-state index is -0.731. The van der Waals surface area contributed by atoms with E-state index < -0.39 is 11.6 Å². The Bertz CT molecular complexity index is 891. The molecule has 0 saturated carbocycles. The van der Waals surface area contributed by atoms with Crippen LogP contribution >= 0.6 is 0 Å². The summed E-state index contributed by atoms with van der Waals surface area (Å²) in [5.74, 6) is 0.0267. The molecule has 0 unspecified atom stereocenters. The molecule has 0 aliphatic carbocycles. The van der Waals surface area contributed by atoms with Gasteiger partial charge in [0.1, 0.15) is 17.4 Å². The number of benzene rings is 2. The van der Waals surface area contributed by atoms with Gasteiger partial charge in [0, 0.05) is 12.6 Å². The molecule has 0 atom stereocenters. The normalized spacial score (nSPS) is 10.4. The van der Waals surface area contributed by atoms with Crippen molar-refractivity contribution in [1.29, 1.82) is 0 Å². The van der Waals surface area contributed by atoms with Crippen molar-refractivity contribution in [2.75, 3.05) is 24.3 Å². The fraction of sp³-hybridized carbons (Fsp3) is 0.167. The molecule has 0 bridgehead atoms. The second-order valence-electron chi connectivity index (χ2n) is 5.44. The minimum absolute atomic E-state index is 0.0710. The van der Waals surface area contributed by atoms with E-state index in [2.05, 4.69) is 25.8 Å². The number of hydrogen-bond acceptors (Lipinski definition) is 6. The van der Waals surface area contributed by atoms with Gasteiger partial charge < -0.3 is 15.4 Å².